The van der Waals surface area contributed by atoms with E-state index < -0.39 is 0 Å². The first kappa shape index (κ1) is 17.9. The van der Waals surface area contributed by atoms with Crippen molar-refractivity contribution in [2.24, 2.45) is 23.7 Å². The minimum atomic E-state index is 0.0252. The summed E-state index contributed by atoms with van der Waals surface area (Å²) >= 11 is 0. The van der Waals surface area contributed by atoms with Crippen molar-refractivity contribution >= 4 is 16.8 Å². The molecular formula is C24H31N3O2. The van der Waals surface area contributed by atoms with Crippen LogP contribution < -0.4 is 5.32 Å². The van der Waals surface area contributed by atoms with Crippen LogP contribution in [0, 0.1) is 23.7 Å². The van der Waals surface area contributed by atoms with E-state index in [9.17, 15) is 4.79 Å². The molecule has 5 nitrogen and oxygen atoms in total. The van der Waals surface area contributed by atoms with Crippen LogP contribution >= 0.6 is 0 Å². The van der Waals surface area contributed by atoms with Crippen LogP contribution in [-0.2, 0) is 11.3 Å². The van der Waals surface area contributed by atoms with Gasteiger partial charge < -0.3 is 10.1 Å². The maximum Gasteiger partial charge on any atom is 0.272 e. The minimum Gasteiger partial charge on any atom is -0.381 e. The second-order valence-electron chi connectivity index (χ2n) is 10.3. The van der Waals surface area contributed by atoms with Gasteiger partial charge in [0.25, 0.3) is 5.91 Å². The third kappa shape index (κ3) is 3.18. The molecule has 0 radical (unpaired) electrons. The molecule has 2 aromatic rings. The quantitative estimate of drug-likeness (QED) is 0.848. The van der Waals surface area contributed by atoms with Crippen LogP contribution in [0.4, 0.5) is 0 Å². The molecule has 7 rings (SSSR count). The monoisotopic (exact) mass is 393 g/mol. The van der Waals surface area contributed by atoms with Crippen molar-refractivity contribution < 1.29 is 9.53 Å². The number of amides is 1. The Kier molecular flexibility index (Phi) is 4.22. The Balaban J connectivity index is 1.28. The van der Waals surface area contributed by atoms with Gasteiger partial charge >= 0.3 is 0 Å². The number of fused-ring (bicyclic) bond motifs is 1. The first-order valence-electron chi connectivity index (χ1n) is 11.5. The highest BCUT2D eigenvalue weighted by Gasteiger charge is 2.51. The first-order valence-corrected chi connectivity index (χ1v) is 11.5. The molecule has 1 saturated heterocycles. The average molecular weight is 394 g/mol. The number of carbonyl (C=O) groups is 1. The summed E-state index contributed by atoms with van der Waals surface area (Å²) < 4.78 is 7.58. The zero-order chi connectivity index (χ0) is 19.4. The Morgan fingerprint density at radius 1 is 1.07 bits per heavy atom. The van der Waals surface area contributed by atoms with Crippen LogP contribution in [-0.4, -0.2) is 34.4 Å². The van der Waals surface area contributed by atoms with E-state index >= 15 is 0 Å². The largest absolute Gasteiger partial charge is 0.381 e. The summed E-state index contributed by atoms with van der Waals surface area (Å²) in [6.45, 7) is 2.54. The molecule has 4 bridgehead atoms. The van der Waals surface area contributed by atoms with Gasteiger partial charge in [0.1, 0.15) is 0 Å². The Morgan fingerprint density at radius 3 is 2.41 bits per heavy atom. The summed E-state index contributed by atoms with van der Waals surface area (Å²) in [6, 6.07) is 8.22. The molecule has 1 amide bonds. The Hall–Kier alpha value is -1.88. The number of benzene rings is 1. The number of aromatic nitrogens is 2. The summed E-state index contributed by atoms with van der Waals surface area (Å²) in [4.78, 5) is 13.4. The molecule has 0 unspecified atom stereocenters. The van der Waals surface area contributed by atoms with Gasteiger partial charge in [0.15, 0.2) is 5.69 Å². The Bertz CT molecular complexity index is 892. The number of para-hydroxylation sites is 1. The Morgan fingerprint density at radius 2 is 1.72 bits per heavy atom. The van der Waals surface area contributed by atoms with Crippen LogP contribution in [0.25, 0.3) is 10.9 Å². The fourth-order valence-electron chi connectivity index (χ4n) is 7.17. The molecule has 4 aliphatic carbocycles. The molecule has 5 heteroatoms. The zero-order valence-electron chi connectivity index (χ0n) is 17.1. The van der Waals surface area contributed by atoms with E-state index in [2.05, 4.69) is 22.1 Å². The third-order valence-electron chi connectivity index (χ3n) is 8.06. The highest BCUT2D eigenvalue weighted by molar-refractivity contribution is 6.05. The fourth-order valence-corrected chi connectivity index (χ4v) is 7.17. The van der Waals surface area contributed by atoms with E-state index in [1.165, 1.54) is 38.5 Å². The number of nitrogens with one attached hydrogen (secondary N) is 1. The summed E-state index contributed by atoms with van der Waals surface area (Å²) in [5.74, 6) is 3.08. The SMILES string of the molecule is O=C(NC12CC3CC(CC(C3)C1)C2)c1nn(CC2CCOCC2)c2ccccc12. The smallest absolute Gasteiger partial charge is 0.272 e. The third-order valence-corrected chi connectivity index (χ3v) is 8.06. The fraction of sp³-hybridized carbons (Fsp3) is 0.667. The highest BCUT2D eigenvalue weighted by Crippen LogP contribution is 2.55. The van der Waals surface area contributed by atoms with Gasteiger partial charge in [-0.15, -0.1) is 0 Å². The molecule has 29 heavy (non-hydrogen) atoms. The maximum atomic E-state index is 13.4. The maximum absolute atomic E-state index is 13.4. The summed E-state index contributed by atoms with van der Waals surface area (Å²) in [6.07, 6.45) is 9.82. The van der Waals surface area contributed by atoms with Gasteiger partial charge in [0, 0.05) is 30.7 Å². The second kappa shape index (κ2) is 6.83. The standard InChI is InChI=1S/C24H31N3O2/c28-23(25-24-12-17-9-18(13-24)11-19(10-17)14-24)22-20-3-1-2-4-21(20)27(26-22)15-16-5-7-29-8-6-16/h1-4,16-19H,5-15H2,(H,25,28). The second-order valence-corrected chi connectivity index (χ2v) is 10.3. The van der Waals surface area contributed by atoms with Crippen LogP contribution in [0.5, 0.6) is 0 Å². The van der Waals surface area contributed by atoms with Crippen molar-refractivity contribution in [3.8, 4) is 0 Å². The van der Waals surface area contributed by atoms with Crippen molar-refractivity contribution in [2.75, 3.05) is 13.2 Å². The molecular weight excluding hydrogens is 362 g/mol. The summed E-state index contributed by atoms with van der Waals surface area (Å²) in [7, 11) is 0. The molecule has 1 aromatic carbocycles. The number of carbonyl (C=O) groups excluding carboxylic acids is 1. The van der Waals surface area contributed by atoms with Crippen molar-refractivity contribution in [3.05, 3.63) is 30.0 Å². The van der Waals surface area contributed by atoms with Crippen LogP contribution in [0.2, 0.25) is 0 Å². The molecule has 4 saturated carbocycles. The van der Waals surface area contributed by atoms with E-state index in [1.54, 1.807) is 0 Å². The summed E-state index contributed by atoms with van der Waals surface area (Å²) in [5, 5.41) is 9.35. The molecule has 1 aliphatic heterocycles. The molecule has 1 N–H and O–H groups in total. The lowest BCUT2D eigenvalue weighted by Crippen LogP contribution is -2.59. The lowest BCUT2D eigenvalue weighted by atomic mass is 9.53. The van der Waals surface area contributed by atoms with E-state index in [0.717, 1.165) is 61.3 Å². The number of rotatable bonds is 4. The van der Waals surface area contributed by atoms with Crippen LogP contribution in [0.15, 0.2) is 24.3 Å². The van der Waals surface area contributed by atoms with Gasteiger partial charge in [-0.1, -0.05) is 18.2 Å². The summed E-state index contributed by atoms with van der Waals surface area (Å²) in [5.41, 5.74) is 1.72. The van der Waals surface area contributed by atoms with Gasteiger partial charge in [-0.05, 0) is 81.1 Å². The van der Waals surface area contributed by atoms with Crippen molar-refractivity contribution in [1.29, 1.82) is 0 Å². The van der Waals surface area contributed by atoms with Gasteiger partial charge in [-0.3, -0.25) is 9.48 Å². The van der Waals surface area contributed by atoms with Crippen molar-refractivity contribution in [1.82, 2.24) is 15.1 Å². The number of ether oxygens (including phenoxy) is 1. The number of hydrogen-bond donors (Lipinski definition) is 1. The molecule has 0 atom stereocenters. The molecule has 2 heterocycles. The predicted octanol–water partition coefficient (Wildman–Crippen LogP) is 4.16. The van der Waals surface area contributed by atoms with Crippen molar-refractivity contribution in [3.63, 3.8) is 0 Å². The first-order chi connectivity index (χ1) is 14.2. The van der Waals surface area contributed by atoms with Crippen LogP contribution in [0.3, 0.4) is 0 Å². The lowest BCUT2D eigenvalue weighted by Gasteiger charge is -2.56. The molecule has 154 valence electrons. The molecule has 5 fully saturated rings. The van der Waals surface area contributed by atoms with E-state index in [4.69, 9.17) is 9.84 Å². The van der Waals surface area contributed by atoms with E-state index in [0.29, 0.717) is 11.6 Å². The average Bonchev–Trinajstić information content (AvgIpc) is 3.06. The van der Waals surface area contributed by atoms with E-state index in [-0.39, 0.29) is 11.4 Å². The highest BCUT2D eigenvalue weighted by atomic mass is 16.5. The van der Waals surface area contributed by atoms with Gasteiger partial charge in [-0.2, -0.15) is 5.10 Å². The topological polar surface area (TPSA) is 56.2 Å². The van der Waals surface area contributed by atoms with Crippen LogP contribution in [0.1, 0.15) is 61.9 Å². The number of nitrogens with zero attached hydrogens (tertiary/aromatic N) is 2. The number of hydrogen-bond acceptors (Lipinski definition) is 3. The predicted molar refractivity (Wildman–Crippen MR) is 112 cm³/mol. The van der Waals surface area contributed by atoms with Gasteiger partial charge in [0.2, 0.25) is 0 Å². The lowest BCUT2D eigenvalue weighted by molar-refractivity contribution is -0.0167. The van der Waals surface area contributed by atoms with Gasteiger partial charge in [0.05, 0.1) is 5.52 Å². The minimum absolute atomic E-state index is 0.0252. The molecule has 0 spiro atoms. The normalized spacial score (nSPS) is 34.0. The molecule has 1 aromatic heterocycles. The Labute approximate surface area is 172 Å². The van der Waals surface area contributed by atoms with Crippen molar-refractivity contribution in [2.45, 2.75) is 63.5 Å². The zero-order valence-corrected chi connectivity index (χ0v) is 17.1. The molecule has 5 aliphatic rings. The van der Waals surface area contributed by atoms with Gasteiger partial charge in [-0.25, -0.2) is 0 Å². The van der Waals surface area contributed by atoms with E-state index in [1.807, 2.05) is 12.1 Å².